The number of thiazole rings is 1. The Kier molecular flexibility index (Phi) is 5.07. The van der Waals surface area contributed by atoms with Crippen LogP contribution >= 0.6 is 22.9 Å². The summed E-state index contributed by atoms with van der Waals surface area (Å²) in [5.74, 6) is -1.22. The van der Waals surface area contributed by atoms with Gasteiger partial charge in [0.15, 0.2) is 11.7 Å². The van der Waals surface area contributed by atoms with E-state index in [1.807, 2.05) is 6.07 Å². The molecule has 2 heterocycles. The van der Waals surface area contributed by atoms with Gasteiger partial charge in [-0.05, 0) is 25.5 Å². The molecule has 0 bridgehead atoms. The second-order valence-corrected chi connectivity index (χ2v) is 6.97. The highest BCUT2D eigenvalue weighted by Gasteiger charge is 2.24. The average Bonchev–Trinajstić information content (AvgIpc) is 3.00. The number of nitrogens with zero attached hydrogens (tertiary/aromatic N) is 2. The molecule has 8 heteroatoms. The highest BCUT2D eigenvalue weighted by molar-refractivity contribution is 7.09. The van der Waals surface area contributed by atoms with Crippen LogP contribution in [0.25, 0.3) is 11.0 Å². The number of nitriles is 1. The van der Waals surface area contributed by atoms with Crippen molar-refractivity contribution < 1.29 is 13.9 Å². The van der Waals surface area contributed by atoms with Crippen LogP contribution in [0.2, 0.25) is 5.02 Å². The molecule has 26 heavy (non-hydrogen) atoms. The number of hydrogen-bond donors (Lipinski definition) is 0. The maximum Gasteiger partial charge on any atom is 0.336 e. The van der Waals surface area contributed by atoms with Crippen LogP contribution in [-0.4, -0.2) is 17.4 Å². The lowest BCUT2D eigenvalue weighted by molar-refractivity contribution is -0.121. The van der Waals surface area contributed by atoms with Gasteiger partial charge in [0.2, 0.25) is 0 Å². The molecule has 0 aliphatic carbocycles. The molecule has 6 nitrogen and oxygen atoms in total. The molecule has 1 atom stereocenters. The number of rotatable bonds is 5. The quantitative estimate of drug-likeness (QED) is 0.617. The number of ketones is 1. The molecule has 0 radical (unpaired) electrons. The minimum Gasteiger partial charge on any atom is -0.484 e. The van der Waals surface area contributed by atoms with Crippen molar-refractivity contribution in [1.29, 1.82) is 5.26 Å². The summed E-state index contributed by atoms with van der Waals surface area (Å²) in [6.45, 7) is 3.21. The molecule has 132 valence electrons. The average molecular weight is 389 g/mol. The van der Waals surface area contributed by atoms with E-state index in [1.54, 1.807) is 25.3 Å². The highest BCUT2D eigenvalue weighted by atomic mass is 35.5. The number of carbonyl (C=O) groups is 1. The number of aromatic nitrogens is 1. The molecule has 1 unspecified atom stereocenters. The van der Waals surface area contributed by atoms with Gasteiger partial charge in [0.25, 0.3) is 0 Å². The fraction of sp³-hybridized carbons (Fsp3) is 0.222. The van der Waals surface area contributed by atoms with Gasteiger partial charge in [0, 0.05) is 28.6 Å². The molecule has 0 spiro atoms. The van der Waals surface area contributed by atoms with E-state index in [2.05, 4.69) is 4.98 Å². The van der Waals surface area contributed by atoms with Crippen LogP contribution in [-0.2, 0) is 4.79 Å². The Morgan fingerprint density at radius 2 is 2.19 bits per heavy atom. The molecule has 3 aromatic rings. The summed E-state index contributed by atoms with van der Waals surface area (Å²) < 4.78 is 10.6. The zero-order chi connectivity index (χ0) is 18.8. The third-order valence-electron chi connectivity index (χ3n) is 3.71. The van der Waals surface area contributed by atoms with Crippen molar-refractivity contribution in [1.82, 2.24) is 4.98 Å². The van der Waals surface area contributed by atoms with Crippen molar-refractivity contribution in [3.05, 3.63) is 55.3 Å². The van der Waals surface area contributed by atoms with Crippen LogP contribution in [0.3, 0.4) is 0 Å². The Morgan fingerprint density at radius 3 is 2.85 bits per heavy atom. The minimum absolute atomic E-state index is 0.202. The molecule has 2 aromatic heterocycles. The summed E-state index contributed by atoms with van der Waals surface area (Å²) in [5.41, 5.74) is 1.31. The number of benzene rings is 1. The molecule has 0 fully saturated rings. The molecule has 0 N–H and O–H groups in total. The molecule has 0 aliphatic rings. The van der Waals surface area contributed by atoms with E-state index in [9.17, 15) is 14.9 Å². The molecule has 0 amide bonds. The van der Waals surface area contributed by atoms with Crippen LogP contribution in [0.1, 0.15) is 22.2 Å². The Labute approximate surface area is 157 Å². The number of Topliss-reactive ketones (excluding diaryl/α,β-unsaturated/α-hetero) is 1. The number of ether oxygens (including phenoxy) is 1. The zero-order valence-electron chi connectivity index (χ0n) is 13.9. The van der Waals surface area contributed by atoms with Gasteiger partial charge in [-0.15, -0.1) is 11.3 Å². The van der Waals surface area contributed by atoms with Crippen molar-refractivity contribution in [2.45, 2.75) is 19.8 Å². The Balaban J connectivity index is 1.83. The second-order valence-electron chi connectivity index (χ2n) is 5.67. The Hall–Kier alpha value is -2.69. The van der Waals surface area contributed by atoms with Crippen LogP contribution < -0.4 is 10.4 Å². The SMILES string of the molecule is Cc1csc(C(C#N)C(=O)COc2cc3oc(=O)cc(C)c3cc2Cl)n1. The summed E-state index contributed by atoms with van der Waals surface area (Å²) in [4.78, 5) is 28.0. The van der Waals surface area contributed by atoms with Gasteiger partial charge < -0.3 is 9.15 Å². The molecule has 3 rings (SSSR count). The number of hydrogen-bond acceptors (Lipinski definition) is 7. The van der Waals surface area contributed by atoms with Gasteiger partial charge in [-0.3, -0.25) is 4.79 Å². The van der Waals surface area contributed by atoms with Gasteiger partial charge in [0.05, 0.1) is 11.1 Å². The van der Waals surface area contributed by atoms with E-state index in [-0.39, 0.29) is 17.4 Å². The lowest BCUT2D eigenvalue weighted by Crippen LogP contribution is -2.19. The first-order chi connectivity index (χ1) is 12.4. The van der Waals surface area contributed by atoms with Gasteiger partial charge in [-0.1, -0.05) is 11.6 Å². The standard InChI is InChI=1S/C18H13ClN2O4S/c1-9-3-17(23)25-15-5-16(13(19)4-11(9)15)24-7-14(22)12(6-20)18-21-10(2)8-26-18/h3-5,8,12H,7H2,1-2H3. The lowest BCUT2D eigenvalue weighted by atomic mass is 10.1. The van der Waals surface area contributed by atoms with Gasteiger partial charge >= 0.3 is 5.63 Å². The fourth-order valence-corrected chi connectivity index (χ4v) is 3.51. The van der Waals surface area contributed by atoms with Gasteiger partial charge in [-0.25, -0.2) is 9.78 Å². The van der Waals surface area contributed by atoms with Crippen molar-refractivity contribution in [2.24, 2.45) is 0 Å². The smallest absolute Gasteiger partial charge is 0.336 e. The Morgan fingerprint density at radius 1 is 1.42 bits per heavy atom. The minimum atomic E-state index is -0.992. The van der Waals surface area contributed by atoms with Crippen molar-refractivity contribution >= 4 is 39.7 Å². The summed E-state index contributed by atoms with van der Waals surface area (Å²) in [6, 6.07) is 6.40. The first-order valence-electron chi connectivity index (χ1n) is 7.60. The van der Waals surface area contributed by atoms with E-state index in [0.29, 0.717) is 16.0 Å². The van der Waals surface area contributed by atoms with Crippen molar-refractivity contribution in [2.75, 3.05) is 6.61 Å². The summed E-state index contributed by atoms with van der Waals surface area (Å²) in [7, 11) is 0. The van der Waals surface area contributed by atoms with Crippen LogP contribution in [0.5, 0.6) is 5.75 Å². The molecular formula is C18H13ClN2O4S. The first-order valence-corrected chi connectivity index (χ1v) is 8.86. The number of halogens is 1. The fourth-order valence-electron chi connectivity index (χ4n) is 2.43. The topological polar surface area (TPSA) is 93.2 Å². The first kappa shape index (κ1) is 18.1. The van der Waals surface area contributed by atoms with Gasteiger partial charge in [-0.2, -0.15) is 5.26 Å². The van der Waals surface area contributed by atoms with E-state index in [0.717, 1.165) is 11.3 Å². The lowest BCUT2D eigenvalue weighted by Gasteiger charge is -2.10. The predicted octanol–water partition coefficient (Wildman–Crippen LogP) is 3.78. The molecular weight excluding hydrogens is 376 g/mol. The van der Waals surface area contributed by atoms with E-state index in [1.165, 1.54) is 23.5 Å². The third-order valence-corrected chi connectivity index (χ3v) is 5.03. The molecule has 0 saturated carbocycles. The summed E-state index contributed by atoms with van der Waals surface area (Å²) in [5, 5.41) is 12.4. The number of aryl methyl sites for hydroxylation is 2. The molecule has 0 saturated heterocycles. The van der Waals surface area contributed by atoms with Gasteiger partial charge in [0.1, 0.15) is 22.9 Å². The zero-order valence-corrected chi connectivity index (χ0v) is 15.5. The van der Waals surface area contributed by atoms with E-state index >= 15 is 0 Å². The summed E-state index contributed by atoms with van der Waals surface area (Å²) in [6.07, 6.45) is 0. The van der Waals surface area contributed by atoms with Crippen LogP contribution in [0.4, 0.5) is 0 Å². The number of fused-ring (bicyclic) bond motifs is 1. The maximum absolute atomic E-state index is 12.3. The van der Waals surface area contributed by atoms with E-state index < -0.39 is 17.3 Å². The number of carbonyl (C=O) groups excluding carboxylic acids is 1. The Bertz CT molecular complexity index is 1100. The normalized spacial score (nSPS) is 11.9. The molecule has 0 aliphatic heterocycles. The van der Waals surface area contributed by atoms with Crippen LogP contribution in [0.15, 0.2) is 32.8 Å². The van der Waals surface area contributed by atoms with Crippen LogP contribution in [0, 0.1) is 25.2 Å². The van der Waals surface area contributed by atoms with Crippen molar-refractivity contribution in [3.63, 3.8) is 0 Å². The van der Waals surface area contributed by atoms with E-state index in [4.69, 9.17) is 20.8 Å². The molecule has 1 aromatic carbocycles. The largest absolute Gasteiger partial charge is 0.484 e. The highest BCUT2D eigenvalue weighted by Crippen LogP contribution is 2.31. The maximum atomic E-state index is 12.3. The monoisotopic (exact) mass is 388 g/mol. The third kappa shape index (κ3) is 3.62. The van der Waals surface area contributed by atoms with Crippen molar-refractivity contribution in [3.8, 4) is 11.8 Å². The summed E-state index contributed by atoms with van der Waals surface area (Å²) >= 11 is 7.46. The second kappa shape index (κ2) is 7.28. The predicted molar refractivity (Wildman–Crippen MR) is 97.9 cm³/mol.